The second-order valence-corrected chi connectivity index (χ2v) is 8.26. The topological polar surface area (TPSA) is 104 Å². The number of imide groups is 1. The number of piperidine rings is 1. The van der Waals surface area contributed by atoms with Gasteiger partial charge >= 0.3 is 0 Å². The van der Waals surface area contributed by atoms with Crippen LogP contribution in [-0.4, -0.2) is 35.7 Å². The van der Waals surface area contributed by atoms with Crippen LogP contribution in [0.25, 0.3) is 0 Å². The molecule has 0 bridgehead atoms. The molecule has 0 aromatic heterocycles. The molecule has 7 nitrogen and oxygen atoms in total. The smallest absolute Gasteiger partial charge is 0.296 e. The molecular formula is C19H23N3O4. The molecule has 7 heteroatoms. The van der Waals surface area contributed by atoms with E-state index in [0.717, 1.165) is 32.1 Å². The maximum absolute atomic E-state index is 12.1. The van der Waals surface area contributed by atoms with E-state index < -0.39 is 0 Å². The average Bonchev–Trinajstić information content (AvgIpc) is 3.40. The predicted molar refractivity (Wildman–Crippen MR) is 91.1 cm³/mol. The third kappa shape index (κ3) is 3.90. The van der Waals surface area contributed by atoms with Crippen LogP contribution in [0.4, 0.5) is 0 Å². The van der Waals surface area contributed by atoms with Crippen LogP contribution in [0.3, 0.4) is 0 Å². The van der Waals surface area contributed by atoms with E-state index in [0.29, 0.717) is 5.92 Å². The molecule has 4 amide bonds. The highest BCUT2D eigenvalue weighted by Gasteiger charge is 2.62. The van der Waals surface area contributed by atoms with Gasteiger partial charge in [-0.3, -0.25) is 24.5 Å². The van der Waals surface area contributed by atoms with Gasteiger partial charge in [0.15, 0.2) is 0 Å². The van der Waals surface area contributed by atoms with Crippen molar-refractivity contribution in [2.24, 2.45) is 17.3 Å². The molecule has 4 rings (SSSR count). The van der Waals surface area contributed by atoms with Crippen LogP contribution >= 0.6 is 0 Å². The molecule has 1 spiro atoms. The van der Waals surface area contributed by atoms with Crippen molar-refractivity contribution in [2.45, 2.75) is 63.5 Å². The van der Waals surface area contributed by atoms with Gasteiger partial charge in [0.1, 0.15) is 0 Å². The van der Waals surface area contributed by atoms with Crippen LogP contribution in [-0.2, 0) is 19.2 Å². The van der Waals surface area contributed by atoms with Gasteiger partial charge in [0.25, 0.3) is 5.91 Å². The van der Waals surface area contributed by atoms with Gasteiger partial charge in [0.2, 0.25) is 17.7 Å². The minimum atomic E-state index is -0.303. The largest absolute Gasteiger partial charge is 0.353 e. The SMILES string of the molecule is O=C(C#CC1CC1)NC1CC12CC(NC(=O)CC1CC(=O)NC(=O)C1)C2. The first-order valence-corrected chi connectivity index (χ1v) is 9.36. The van der Waals surface area contributed by atoms with Crippen LogP contribution in [0.2, 0.25) is 0 Å². The summed E-state index contributed by atoms with van der Waals surface area (Å²) in [5.74, 6) is 4.95. The number of rotatable bonds is 4. The first kappa shape index (κ1) is 17.1. The summed E-state index contributed by atoms with van der Waals surface area (Å²) in [6, 6.07) is 0.298. The van der Waals surface area contributed by atoms with Crippen molar-refractivity contribution in [1.29, 1.82) is 0 Å². The Hall–Kier alpha value is -2.36. The Bertz CT molecular complexity index is 709. The molecule has 26 heavy (non-hydrogen) atoms. The lowest BCUT2D eigenvalue weighted by Crippen LogP contribution is -2.49. The van der Waals surface area contributed by atoms with Crippen LogP contribution in [0.15, 0.2) is 0 Å². The standard InChI is InChI=1S/C19H23N3O4/c23-15(4-3-11-1-2-11)21-14-10-19(14)8-13(9-19)20-16(24)5-12-6-17(25)22-18(26)7-12/h11-14H,1-2,5-10H2,(H,20,24)(H,21,23)(H,22,25,26). The van der Waals surface area contributed by atoms with Gasteiger partial charge in [0.05, 0.1) is 0 Å². The Morgan fingerprint density at radius 3 is 2.42 bits per heavy atom. The molecule has 0 aromatic rings. The van der Waals surface area contributed by atoms with Gasteiger partial charge in [-0.1, -0.05) is 5.92 Å². The van der Waals surface area contributed by atoms with E-state index in [1.807, 2.05) is 0 Å². The number of carbonyl (C=O) groups is 4. The molecule has 0 radical (unpaired) electrons. The first-order chi connectivity index (χ1) is 12.4. The second kappa shape index (κ2) is 6.42. The highest BCUT2D eigenvalue weighted by Crippen LogP contribution is 2.60. The third-order valence-corrected chi connectivity index (χ3v) is 5.83. The van der Waals surface area contributed by atoms with E-state index >= 15 is 0 Å². The maximum Gasteiger partial charge on any atom is 0.296 e. The number of hydrogen-bond acceptors (Lipinski definition) is 4. The average molecular weight is 357 g/mol. The van der Waals surface area contributed by atoms with Gasteiger partial charge in [-0.2, -0.15) is 0 Å². The molecule has 138 valence electrons. The lowest BCUT2D eigenvalue weighted by atomic mass is 9.76. The highest BCUT2D eigenvalue weighted by atomic mass is 16.2. The summed E-state index contributed by atoms with van der Waals surface area (Å²) < 4.78 is 0. The summed E-state index contributed by atoms with van der Waals surface area (Å²) in [5.41, 5.74) is 0.134. The molecule has 0 aromatic carbocycles. The van der Waals surface area contributed by atoms with Crippen molar-refractivity contribution in [1.82, 2.24) is 16.0 Å². The molecule has 4 fully saturated rings. The molecule has 3 saturated carbocycles. The predicted octanol–water partition coefficient (Wildman–Crippen LogP) is -0.00380. The van der Waals surface area contributed by atoms with E-state index in [2.05, 4.69) is 27.8 Å². The fourth-order valence-electron chi connectivity index (χ4n) is 4.16. The third-order valence-electron chi connectivity index (χ3n) is 5.83. The summed E-state index contributed by atoms with van der Waals surface area (Å²) in [7, 11) is 0. The zero-order valence-corrected chi connectivity index (χ0v) is 14.6. The zero-order chi connectivity index (χ0) is 18.3. The number of amides is 4. The normalized spacial score (nSPS) is 32.8. The Labute approximate surface area is 152 Å². The van der Waals surface area contributed by atoms with Gasteiger partial charge < -0.3 is 10.6 Å². The van der Waals surface area contributed by atoms with Crippen LogP contribution < -0.4 is 16.0 Å². The van der Waals surface area contributed by atoms with Crippen molar-refractivity contribution >= 4 is 23.6 Å². The fraction of sp³-hybridized carbons (Fsp3) is 0.684. The van der Waals surface area contributed by atoms with Crippen LogP contribution in [0, 0.1) is 29.1 Å². The Morgan fingerprint density at radius 1 is 1.08 bits per heavy atom. The summed E-state index contributed by atoms with van der Waals surface area (Å²) in [4.78, 5) is 46.6. The van der Waals surface area contributed by atoms with Gasteiger partial charge in [0, 0.05) is 37.3 Å². The van der Waals surface area contributed by atoms with E-state index in [9.17, 15) is 19.2 Å². The number of carbonyl (C=O) groups excluding carboxylic acids is 4. The minimum absolute atomic E-state index is 0.103. The molecule has 4 aliphatic rings. The molecular weight excluding hydrogens is 334 g/mol. The van der Waals surface area contributed by atoms with Crippen molar-refractivity contribution in [3.63, 3.8) is 0 Å². The maximum atomic E-state index is 12.1. The number of hydrogen-bond donors (Lipinski definition) is 3. The first-order valence-electron chi connectivity index (χ1n) is 9.36. The quantitative estimate of drug-likeness (QED) is 0.486. The molecule has 3 N–H and O–H groups in total. The van der Waals surface area contributed by atoms with E-state index in [4.69, 9.17) is 0 Å². The summed E-state index contributed by atoms with van der Waals surface area (Å²) in [6.45, 7) is 0. The second-order valence-electron chi connectivity index (χ2n) is 8.26. The van der Waals surface area contributed by atoms with E-state index in [1.165, 1.54) is 0 Å². The van der Waals surface area contributed by atoms with Gasteiger partial charge in [-0.05, 0) is 49.4 Å². The number of nitrogens with one attached hydrogen (secondary N) is 3. The Kier molecular flexibility index (Phi) is 4.22. The van der Waals surface area contributed by atoms with E-state index in [1.54, 1.807) is 0 Å². The van der Waals surface area contributed by atoms with Crippen molar-refractivity contribution < 1.29 is 19.2 Å². The van der Waals surface area contributed by atoms with Crippen LogP contribution in [0.1, 0.15) is 51.4 Å². The van der Waals surface area contributed by atoms with Crippen molar-refractivity contribution in [3.05, 3.63) is 0 Å². The molecule has 3 aliphatic carbocycles. The summed E-state index contributed by atoms with van der Waals surface area (Å²) in [5, 5.41) is 8.21. The van der Waals surface area contributed by atoms with Crippen molar-refractivity contribution in [2.75, 3.05) is 0 Å². The molecule has 1 saturated heterocycles. The molecule has 1 unspecified atom stereocenters. The lowest BCUT2D eigenvalue weighted by molar-refractivity contribution is -0.135. The van der Waals surface area contributed by atoms with Gasteiger partial charge in [-0.15, -0.1) is 0 Å². The summed E-state index contributed by atoms with van der Waals surface area (Å²) >= 11 is 0. The lowest BCUT2D eigenvalue weighted by Gasteiger charge is -2.37. The van der Waals surface area contributed by atoms with E-state index in [-0.39, 0.29) is 66.3 Å². The van der Waals surface area contributed by atoms with Crippen molar-refractivity contribution in [3.8, 4) is 11.8 Å². The highest BCUT2D eigenvalue weighted by molar-refractivity contribution is 5.98. The molecule has 1 heterocycles. The molecule has 1 aliphatic heterocycles. The fourth-order valence-corrected chi connectivity index (χ4v) is 4.16. The monoisotopic (exact) mass is 357 g/mol. The van der Waals surface area contributed by atoms with Gasteiger partial charge in [-0.25, -0.2) is 0 Å². The Morgan fingerprint density at radius 2 is 1.77 bits per heavy atom. The van der Waals surface area contributed by atoms with Crippen LogP contribution in [0.5, 0.6) is 0 Å². The Balaban J connectivity index is 1.16. The zero-order valence-electron chi connectivity index (χ0n) is 14.6. The molecule has 1 atom stereocenters. The summed E-state index contributed by atoms with van der Waals surface area (Å²) in [6.07, 6.45) is 5.55. The minimum Gasteiger partial charge on any atom is -0.353 e.